The quantitative estimate of drug-likeness (QED) is 0.614. The first-order valence-electron chi connectivity index (χ1n) is 8.28. The summed E-state index contributed by atoms with van der Waals surface area (Å²) in [4.78, 5) is 9.33. The molecule has 2 aromatic heterocycles. The van der Waals surface area contributed by atoms with Crippen LogP contribution in [0.2, 0.25) is 0 Å². The molecule has 5 nitrogen and oxygen atoms in total. The number of benzene rings is 2. The van der Waals surface area contributed by atoms with Crippen LogP contribution in [0.3, 0.4) is 0 Å². The van der Waals surface area contributed by atoms with Crippen molar-refractivity contribution in [3.05, 3.63) is 77.7 Å². The highest BCUT2D eigenvalue weighted by Crippen LogP contribution is 2.19. The second kappa shape index (κ2) is 6.36. The third-order valence-electron chi connectivity index (χ3n) is 4.15. The predicted molar refractivity (Wildman–Crippen MR) is 99.9 cm³/mol. The number of nitrogens with one attached hydrogen (secondary N) is 1. The van der Waals surface area contributed by atoms with Gasteiger partial charge in [-0.2, -0.15) is 5.10 Å². The lowest BCUT2D eigenvalue weighted by molar-refractivity contribution is 0.847. The summed E-state index contributed by atoms with van der Waals surface area (Å²) in [6.45, 7) is 4.62. The Labute approximate surface area is 146 Å². The Morgan fingerprint density at radius 3 is 2.36 bits per heavy atom. The minimum Gasteiger partial charge on any atom is -0.364 e. The van der Waals surface area contributed by atoms with Crippen LogP contribution < -0.4 is 5.32 Å². The van der Waals surface area contributed by atoms with Crippen LogP contribution in [0.5, 0.6) is 0 Å². The number of hydrogen-bond donors (Lipinski definition) is 1. The molecule has 0 saturated carbocycles. The Morgan fingerprint density at radius 1 is 0.880 bits per heavy atom. The Bertz CT molecular complexity index is 1040. The number of fused-ring (bicyclic) bond motifs is 1. The maximum Gasteiger partial charge on any atom is 0.148 e. The van der Waals surface area contributed by atoms with E-state index in [9.17, 15) is 0 Å². The largest absolute Gasteiger partial charge is 0.364 e. The van der Waals surface area contributed by atoms with Gasteiger partial charge in [-0.1, -0.05) is 30.3 Å². The van der Waals surface area contributed by atoms with Crippen molar-refractivity contribution in [1.29, 1.82) is 0 Å². The highest BCUT2D eigenvalue weighted by molar-refractivity contribution is 5.76. The summed E-state index contributed by atoms with van der Waals surface area (Å²) in [5, 5.41) is 7.94. The average Bonchev–Trinajstić information content (AvgIpc) is 3.06. The van der Waals surface area contributed by atoms with E-state index < -0.39 is 0 Å². The van der Waals surface area contributed by atoms with E-state index in [4.69, 9.17) is 4.98 Å². The van der Waals surface area contributed by atoms with Crippen LogP contribution in [0, 0.1) is 13.8 Å². The fourth-order valence-corrected chi connectivity index (χ4v) is 2.87. The van der Waals surface area contributed by atoms with Gasteiger partial charge in [0.25, 0.3) is 0 Å². The van der Waals surface area contributed by atoms with Crippen molar-refractivity contribution < 1.29 is 0 Å². The molecule has 0 aliphatic rings. The standard InChI is InChI=1S/C20H19N5/c1-14-11-12-25(24-14)19-10-6-3-7-16(19)13-21-20-15(2)22-17-8-4-5-9-18(17)23-20/h3-12H,13H2,1-2H3,(H,21,23). The van der Waals surface area contributed by atoms with Gasteiger partial charge in [0.15, 0.2) is 0 Å². The summed E-state index contributed by atoms with van der Waals surface area (Å²) in [6.07, 6.45) is 1.98. The van der Waals surface area contributed by atoms with Crippen LogP contribution in [0.1, 0.15) is 17.0 Å². The summed E-state index contributed by atoms with van der Waals surface area (Å²) in [5.41, 5.74) is 5.92. The summed E-state index contributed by atoms with van der Waals surface area (Å²) < 4.78 is 1.91. The molecule has 25 heavy (non-hydrogen) atoms. The molecule has 0 radical (unpaired) electrons. The van der Waals surface area contributed by atoms with Crippen LogP contribution in [-0.4, -0.2) is 19.7 Å². The lowest BCUT2D eigenvalue weighted by Crippen LogP contribution is -2.08. The smallest absolute Gasteiger partial charge is 0.148 e. The zero-order chi connectivity index (χ0) is 17.2. The van der Waals surface area contributed by atoms with Gasteiger partial charge in [-0.25, -0.2) is 14.6 Å². The van der Waals surface area contributed by atoms with E-state index >= 15 is 0 Å². The Hall–Kier alpha value is -3.21. The van der Waals surface area contributed by atoms with Gasteiger partial charge in [0.05, 0.1) is 28.1 Å². The first kappa shape index (κ1) is 15.3. The third-order valence-corrected chi connectivity index (χ3v) is 4.15. The lowest BCUT2D eigenvalue weighted by Gasteiger charge is -2.13. The molecule has 5 heteroatoms. The lowest BCUT2D eigenvalue weighted by atomic mass is 10.1. The molecule has 0 amide bonds. The third kappa shape index (κ3) is 3.08. The second-order valence-corrected chi connectivity index (χ2v) is 6.03. The molecule has 124 valence electrons. The van der Waals surface area contributed by atoms with Crippen molar-refractivity contribution in [3.8, 4) is 5.69 Å². The van der Waals surface area contributed by atoms with E-state index in [0.29, 0.717) is 6.54 Å². The van der Waals surface area contributed by atoms with Crippen LogP contribution in [0.25, 0.3) is 16.7 Å². The molecular formula is C20H19N5. The van der Waals surface area contributed by atoms with Crippen molar-refractivity contribution in [1.82, 2.24) is 19.7 Å². The number of anilines is 1. The van der Waals surface area contributed by atoms with Gasteiger partial charge in [0, 0.05) is 12.7 Å². The van der Waals surface area contributed by atoms with E-state index in [2.05, 4.69) is 27.5 Å². The molecule has 1 N–H and O–H groups in total. The van der Waals surface area contributed by atoms with Gasteiger partial charge in [0.1, 0.15) is 5.82 Å². The first-order valence-corrected chi connectivity index (χ1v) is 8.28. The maximum atomic E-state index is 4.70. The molecule has 0 spiro atoms. The SMILES string of the molecule is Cc1ccn(-c2ccccc2CNc2nc3ccccc3nc2C)n1. The molecular weight excluding hydrogens is 310 g/mol. The summed E-state index contributed by atoms with van der Waals surface area (Å²) in [7, 11) is 0. The average molecular weight is 329 g/mol. The van der Waals surface area contributed by atoms with Gasteiger partial charge < -0.3 is 5.32 Å². The van der Waals surface area contributed by atoms with Crippen LogP contribution >= 0.6 is 0 Å². The summed E-state index contributed by atoms with van der Waals surface area (Å²) in [6, 6.07) is 18.2. The zero-order valence-electron chi connectivity index (χ0n) is 14.3. The molecule has 0 aliphatic carbocycles. The first-order chi connectivity index (χ1) is 12.2. The Kier molecular flexibility index (Phi) is 3.90. The molecule has 2 heterocycles. The molecule has 4 aromatic rings. The maximum absolute atomic E-state index is 4.70. The summed E-state index contributed by atoms with van der Waals surface area (Å²) >= 11 is 0. The van der Waals surface area contributed by atoms with E-state index in [1.54, 1.807) is 0 Å². The molecule has 0 unspecified atom stereocenters. The van der Waals surface area contributed by atoms with Gasteiger partial charge in [-0.05, 0) is 43.7 Å². The van der Waals surface area contributed by atoms with Crippen LogP contribution in [0.15, 0.2) is 60.8 Å². The van der Waals surface area contributed by atoms with Crippen molar-refractivity contribution in [2.45, 2.75) is 20.4 Å². The molecule has 2 aromatic carbocycles. The van der Waals surface area contributed by atoms with Crippen LogP contribution in [-0.2, 0) is 6.54 Å². The molecule has 0 bridgehead atoms. The van der Waals surface area contributed by atoms with Gasteiger partial charge in [0.2, 0.25) is 0 Å². The van der Waals surface area contributed by atoms with Crippen LogP contribution in [0.4, 0.5) is 5.82 Å². The van der Waals surface area contributed by atoms with E-state index in [0.717, 1.165) is 39.5 Å². The number of para-hydroxylation sites is 3. The van der Waals surface area contributed by atoms with Gasteiger partial charge >= 0.3 is 0 Å². The molecule has 0 fully saturated rings. The zero-order valence-corrected chi connectivity index (χ0v) is 14.3. The number of nitrogens with zero attached hydrogens (tertiary/aromatic N) is 4. The minimum atomic E-state index is 0.656. The molecule has 0 aliphatic heterocycles. The molecule has 0 saturated heterocycles. The predicted octanol–water partition coefficient (Wildman–Crippen LogP) is 4.04. The van der Waals surface area contributed by atoms with Crippen molar-refractivity contribution in [2.75, 3.05) is 5.32 Å². The number of hydrogen-bond acceptors (Lipinski definition) is 4. The number of aryl methyl sites for hydroxylation is 2. The fourth-order valence-electron chi connectivity index (χ4n) is 2.87. The summed E-state index contributed by atoms with van der Waals surface area (Å²) in [5.74, 6) is 0.810. The fraction of sp³-hybridized carbons (Fsp3) is 0.150. The van der Waals surface area contributed by atoms with E-state index in [-0.39, 0.29) is 0 Å². The van der Waals surface area contributed by atoms with Crippen molar-refractivity contribution in [3.63, 3.8) is 0 Å². The molecule has 0 atom stereocenters. The van der Waals surface area contributed by atoms with Gasteiger partial charge in [-0.15, -0.1) is 0 Å². The number of rotatable bonds is 4. The highest BCUT2D eigenvalue weighted by Gasteiger charge is 2.08. The Balaban J connectivity index is 1.63. The minimum absolute atomic E-state index is 0.656. The van der Waals surface area contributed by atoms with Gasteiger partial charge in [-0.3, -0.25) is 0 Å². The van der Waals surface area contributed by atoms with Crippen molar-refractivity contribution in [2.24, 2.45) is 0 Å². The number of aromatic nitrogens is 4. The Morgan fingerprint density at radius 2 is 1.60 bits per heavy atom. The monoisotopic (exact) mass is 329 g/mol. The van der Waals surface area contributed by atoms with E-state index in [1.807, 2.05) is 67.2 Å². The molecule has 4 rings (SSSR count). The highest BCUT2D eigenvalue weighted by atomic mass is 15.3. The second-order valence-electron chi connectivity index (χ2n) is 6.03. The normalized spacial score (nSPS) is 11.0. The topological polar surface area (TPSA) is 55.6 Å². The van der Waals surface area contributed by atoms with Crippen molar-refractivity contribution >= 4 is 16.9 Å². The van der Waals surface area contributed by atoms with E-state index in [1.165, 1.54) is 0 Å².